The van der Waals surface area contributed by atoms with Crippen molar-refractivity contribution < 1.29 is 17.6 Å². The zero-order chi connectivity index (χ0) is 14.8. The molecule has 102 valence electrons. The first-order valence-corrected chi connectivity index (χ1v) is 5.75. The number of halogens is 4. The van der Waals surface area contributed by atoms with Crippen LogP contribution in [-0.2, 0) is 12.6 Å². The van der Waals surface area contributed by atoms with E-state index in [-0.39, 0.29) is 17.5 Å². The van der Waals surface area contributed by atoms with Gasteiger partial charge in [0.1, 0.15) is 5.82 Å². The van der Waals surface area contributed by atoms with Crippen molar-refractivity contribution in [2.75, 3.05) is 0 Å². The zero-order valence-electron chi connectivity index (χ0n) is 10.2. The molecule has 0 aromatic heterocycles. The van der Waals surface area contributed by atoms with Crippen molar-refractivity contribution in [3.63, 3.8) is 0 Å². The monoisotopic (exact) mass is 279 g/mol. The fourth-order valence-electron chi connectivity index (χ4n) is 1.98. The number of rotatable bonds is 2. The number of benzene rings is 2. The molecule has 0 radical (unpaired) electrons. The highest BCUT2D eigenvalue weighted by Gasteiger charge is 2.30. The largest absolute Gasteiger partial charge is 0.416 e. The molecule has 0 saturated carbocycles. The van der Waals surface area contributed by atoms with Crippen molar-refractivity contribution in [2.24, 2.45) is 0 Å². The maximum atomic E-state index is 13.9. The van der Waals surface area contributed by atoms with Crippen molar-refractivity contribution >= 4 is 0 Å². The molecule has 0 aliphatic rings. The van der Waals surface area contributed by atoms with Crippen molar-refractivity contribution in [2.45, 2.75) is 12.6 Å². The average Bonchev–Trinajstić information content (AvgIpc) is 2.38. The van der Waals surface area contributed by atoms with Gasteiger partial charge in [0.15, 0.2) is 0 Å². The molecule has 2 aromatic rings. The van der Waals surface area contributed by atoms with Gasteiger partial charge in [-0.1, -0.05) is 24.3 Å². The van der Waals surface area contributed by atoms with Gasteiger partial charge in [-0.3, -0.25) is 0 Å². The van der Waals surface area contributed by atoms with Gasteiger partial charge < -0.3 is 0 Å². The van der Waals surface area contributed by atoms with E-state index in [1.54, 1.807) is 0 Å². The van der Waals surface area contributed by atoms with Crippen LogP contribution in [0.3, 0.4) is 0 Å². The lowest BCUT2D eigenvalue weighted by Crippen LogP contribution is -2.05. The molecule has 0 spiro atoms. The first-order chi connectivity index (χ1) is 9.43. The quantitative estimate of drug-likeness (QED) is 0.738. The normalized spacial score (nSPS) is 11.2. The lowest BCUT2D eigenvalue weighted by molar-refractivity contribution is -0.137. The third kappa shape index (κ3) is 2.80. The standard InChI is InChI=1S/C15H9F4N/c16-13-6-2-3-10(7-8-20)14(13)11-4-1-5-12(9-11)15(17,18)19/h1-6,9H,7H2. The van der Waals surface area contributed by atoms with Gasteiger partial charge in [-0.15, -0.1) is 0 Å². The molecule has 5 heteroatoms. The Morgan fingerprint density at radius 1 is 1.05 bits per heavy atom. The van der Waals surface area contributed by atoms with E-state index in [4.69, 9.17) is 5.26 Å². The van der Waals surface area contributed by atoms with E-state index in [0.717, 1.165) is 18.2 Å². The molecular formula is C15H9F4N. The lowest BCUT2D eigenvalue weighted by atomic mass is 9.96. The molecule has 2 aromatic carbocycles. The topological polar surface area (TPSA) is 23.8 Å². The van der Waals surface area contributed by atoms with Crippen LogP contribution in [0.4, 0.5) is 17.6 Å². The molecule has 0 unspecified atom stereocenters. The molecule has 2 rings (SSSR count). The number of nitrogens with zero attached hydrogens (tertiary/aromatic N) is 1. The first kappa shape index (κ1) is 14.1. The summed E-state index contributed by atoms with van der Waals surface area (Å²) in [5, 5.41) is 8.71. The molecule has 0 aliphatic heterocycles. The van der Waals surface area contributed by atoms with Gasteiger partial charge in [-0.25, -0.2) is 4.39 Å². The molecule has 0 N–H and O–H groups in total. The summed E-state index contributed by atoms with van der Waals surface area (Å²) < 4.78 is 52.0. The molecule has 0 fully saturated rings. The van der Waals surface area contributed by atoms with E-state index in [1.165, 1.54) is 24.3 Å². The summed E-state index contributed by atoms with van der Waals surface area (Å²) in [4.78, 5) is 0. The van der Waals surface area contributed by atoms with E-state index >= 15 is 0 Å². The van der Waals surface area contributed by atoms with Crippen LogP contribution in [0, 0.1) is 17.1 Å². The highest BCUT2D eigenvalue weighted by Crippen LogP contribution is 2.34. The van der Waals surface area contributed by atoms with E-state index in [1.807, 2.05) is 6.07 Å². The summed E-state index contributed by atoms with van der Waals surface area (Å²) in [6, 6.07) is 10.4. The molecule has 20 heavy (non-hydrogen) atoms. The van der Waals surface area contributed by atoms with Gasteiger partial charge in [0.2, 0.25) is 0 Å². The predicted octanol–water partition coefficient (Wildman–Crippen LogP) is 4.58. The van der Waals surface area contributed by atoms with Crippen LogP contribution in [0.15, 0.2) is 42.5 Å². The molecule has 0 aliphatic carbocycles. The van der Waals surface area contributed by atoms with Crippen LogP contribution in [-0.4, -0.2) is 0 Å². The third-order valence-corrected chi connectivity index (χ3v) is 2.85. The van der Waals surface area contributed by atoms with Crippen LogP contribution in [0.25, 0.3) is 11.1 Å². The minimum atomic E-state index is -4.49. The average molecular weight is 279 g/mol. The molecule has 0 bridgehead atoms. The molecule has 0 atom stereocenters. The van der Waals surface area contributed by atoms with Crippen molar-refractivity contribution in [3.8, 4) is 17.2 Å². The predicted molar refractivity (Wildman–Crippen MR) is 66.2 cm³/mol. The Morgan fingerprint density at radius 3 is 2.40 bits per heavy atom. The van der Waals surface area contributed by atoms with Gasteiger partial charge in [-0.05, 0) is 29.3 Å². The minimum Gasteiger partial charge on any atom is -0.206 e. The Labute approximate surface area is 113 Å². The van der Waals surface area contributed by atoms with Crippen molar-refractivity contribution in [1.82, 2.24) is 0 Å². The number of nitriles is 1. The van der Waals surface area contributed by atoms with Crippen molar-refractivity contribution in [1.29, 1.82) is 5.26 Å². The van der Waals surface area contributed by atoms with Gasteiger partial charge in [-0.2, -0.15) is 18.4 Å². The second kappa shape index (κ2) is 5.33. The van der Waals surface area contributed by atoms with Gasteiger partial charge in [0.25, 0.3) is 0 Å². The maximum absolute atomic E-state index is 13.9. The Balaban J connectivity index is 2.60. The van der Waals surface area contributed by atoms with Crippen LogP contribution >= 0.6 is 0 Å². The molecule has 0 amide bonds. The lowest BCUT2D eigenvalue weighted by Gasteiger charge is -2.12. The zero-order valence-corrected chi connectivity index (χ0v) is 10.2. The van der Waals surface area contributed by atoms with E-state index in [9.17, 15) is 17.6 Å². The summed E-state index contributed by atoms with van der Waals surface area (Å²) in [7, 11) is 0. The highest BCUT2D eigenvalue weighted by atomic mass is 19.4. The van der Waals surface area contributed by atoms with Crippen LogP contribution in [0.5, 0.6) is 0 Å². The second-order valence-corrected chi connectivity index (χ2v) is 4.19. The smallest absolute Gasteiger partial charge is 0.206 e. The Hall–Kier alpha value is -2.35. The van der Waals surface area contributed by atoms with Gasteiger partial charge >= 0.3 is 6.18 Å². The van der Waals surface area contributed by atoms with Crippen molar-refractivity contribution in [3.05, 3.63) is 59.4 Å². The Bertz CT molecular complexity index is 668. The van der Waals surface area contributed by atoms with E-state index < -0.39 is 17.6 Å². The number of hydrogen-bond acceptors (Lipinski definition) is 1. The summed E-state index contributed by atoms with van der Waals surface area (Å²) >= 11 is 0. The highest BCUT2D eigenvalue weighted by molar-refractivity contribution is 5.69. The molecular weight excluding hydrogens is 270 g/mol. The van der Waals surface area contributed by atoms with Crippen LogP contribution in [0.1, 0.15) is 11.1 Å². The molecule has 0 heterocycles. The van der Waals surface area contributed by atoms with Crippen LogP contribution in [0.2, 0.25) is 0 Å². The SMILES string of the molecule is N#CCc1cccc(F)c1-c1cccc(C(F)(F)F)c1. The van der Waals surface area contributed by atoms with Gasteiger partial charge in [0.05, 0.1) is 18.1 Å². The Kier molecular flexibility index (Phi) is 3.75. The maximum Gasteiger partial charge on any atom is 0.416 e. The summed E-state index contributed by atoms with van der Waals surface area (Å²) in [5.74, 6) is -0.642. The number of alkyl halides is 3. The fourth-order valence-corrected chi connectivity index (χ4v) is 1.98. The minimum absolute atomic E-state index is 0.0418. The molecule has 1 nitrogen and oxygen atoms in total. The van der Waals surface area contributed by atoms with E-state index in [2.05, 4.69) is 0 Å². The first-order valence-electron chi connectivity index (χ1n) is 5.75. The van der Waals surface area contributed by atoms with Crippen LogP contribution < -0.4 is 0 Å². The Morgan fingerprint density at radius 2 is 1.75 bits per heavy atom. The third-order valence-electron chi connectivity index (χ3n) is 2.85. The summed E-state index contributed by atoms with van der Waals surface area (Å²) in [5.41, 5.74) is -0.323. The fraction of sp³-hybridized carbons (Fsp3) is 0.133. The summed E-state index contributed by atoms with van der Waals surface area (Å²) in [6.45, 7) is 0. The summed E-state index contributed by atoms with van der Waals surface area (Å²) in [6.07, 6.45) is -4.56. The number of hydrogen-bond donors (Lipinski definition) is 0. The second-order valence-electron chi connectivity index (χ2n) is 4.19. The van der Waals surface area contributed by atoms with E-state index in [0.29, 0.717) is 5.56 Å². The molecule has 0 saturated heterocycles. The van der Waals surface area contributed by atoms with Gasteiger partial charge in [0, 0.05) is 5.56 Å².